The monoisotopic (exact) mass is 626 g/mol. The van der Waals surface area contributed by atoms with Gasteiger partial charge in [-0.3, -0.25) is 4.79 Å². The highest BCUT2D eigenvalue weighted by Gasteiger charge is 2.32. The molecule has 4 aromatic rings. The van der Waals surface area contributed by atoms with Crippen molar-refractivity contribution in [3.63, 3.8) is 0 Å². The van der Waals surface area contributed by atoms with Crippen LogP contribution in [0.25, 0.3) is 11.1 Å². The number of urea groups is 2. The van der Waals surface area contributed by atoms with E-state index in [4.69, 9.17) is 4.74 Å². The first kappa shape index (κ1) is 32.6. The van der Waals surface area contributed by atoms with Crippen LogP contribution in [0.1, 0.15) is 31.4 Å². The topological polar surface area (TPSA) is 119 Å². The van der Waals surface area contributed by atoms with E-state index in [9.17, 15) is 23.2 Å². The molecule has 0 unspecified atom stereocenters. The second kappa shape index (κ2) is 14.4. The summed E-state index contributed by atoms with van der Waals surface area (Å²) in [5, 5.41) is 7.71. The first-order valence-corrected chi connectivity index (χ1v) is 13.9. The molecule has 10 nitrogen and oxygen atoms in total. The van der Waals surface area contributed by atoms with Gasteiger partial charge in [0.25, 0.3) is 5.91 Å². The SMILES string of the molecule is CCNC(=O)Nc1ccc(-c2c[nH]c(C(=O)N(C(=O)NCc3c(F)cccc3F)c3cccc(OC)c3F)c2CN(C)C)cc1.[HH].[HH]. The first-order valence-electron chi connectivity index (χ1n) is 13.9. The molecule has 1 aromatic heterocycles. The number of rotatable bonds is 10. The smallest absolute Gasteiger partial charge is 0.329 e. The Labute approximate surface area is 261 Å². The van der Waals surface area contributed by atoms with Gasteiger partial charge in [0.15, 0.2) is 11.6 Å². The highest BCUT2D eigenvalue weighted by Crippen LogP contribution is 2.33. The summed E-state index contributed by atoms with van der Waals surface area (Å²) >= 11 is 0. The van der Waals surface area contributed by atoms with Crippen molar-refractivity contribution >= 4 is 29.3 Å². The Morgan fingerprint density at radius 1 is 0.911 bits per heavy atom. The number of hydrogen-bond donors (Lipinski definition) is 4. The molecular formula is C32H37F3N6O4. The lowest BCUT2D eigenvalue weighted by Crippen LogP contribution is -2.45. The summed E-state index contributed by atoms with van der Waals surface area (Å²) in [6.45, 7) is 1.90. The number of ether oxygens (including phenoxy) is 1. The van der Waals surface area contributed by atoms with Gasteiger partial charge in [0.05, 0.1) is 19.3 Å². The number of hydrogen-bond acceptors (Lipinski definition) is 5. The standard InChI is InChI=1S/C32H33F3N6O4.2H2/c1-5-36-31(43)39-20-14-12-19(13-15-20)21-16-37-29(23(21)18-40(2)3)30(42)41(26-10-7-11-27(45-4)28(26)35)32(44)38-17-22-24(33)8-6-9-25(22)34;;/h6-16,37H,5,17-18H2,1-4H3,(H,38,44)(H2,36,39,43);2*1H. The first-order chi connectivity index (χ1) is 21.5. The number of aromatic amines is 1. The number of amides is 5. The predicted molar refractivity (Wildman–Crippen MR) is 169 cm³/mol. The van der Waals surface area contributed by atoms with Gasteiger partial charge in [-0.15, -0.1) is 0 Å². The maximum absolute atomic E-state index is 15.5. The fourth-order valence-corrected chi connectivity index (χ4v) is 4.65. The molecule has 3 aromatic carbocycles. The maximum Gasteiger partial charge on any atom is 0.329 e. The quantitative estimate of drug-likeness (QED) is 0.163. The average molecular weight is 627 g/mol. The molecule has 5 amide bonds. The van der Waals surface area contributed by atoms with Crippen molar-refractivity contribution in [2.75, 3.05) is 38.0 Å². The number of carbonyl (C=O) groups excluding carboxylic acids is 3. The number of benzene rings is 3. The van der Waals surface area contributed by atoms with Crippen molar-refractivity contribution in [1.82, 2.24) is 20.5 Å². The Kier molecular flexibility index (Phi) is 10.5. The van der Waals surface area contributed by atoms with Crippen LogP contribution in [-0.2, 0) is 13.1 Å². The Morgan fingerprint density at radius 3 is 2.20 bits per heavy atom. The third-order valence-corrected chi connectivity index (χ3v) is 6.76. The number of aromatic nitrogens is 1. The number of anilines is 2. The second-order valence-corrected chi connectivity index (χ2v) is 10.1. The van der Waals surface area contributed by atoms with Gasteiger partial charge >= 0.3 is 12.1 Å². The van der Waals surface area contributed by atoms with Gasteiger partial charge in [-0.25, -0.2) is 27.7 Å². The molecule has 4 N–H and O–H groups in total. The van der Waals surface area contributed by atoms with Gasteiger partial charge in [-0.1, -0.05) is 24.3 Å². The molecule has 0 aliphatic heterocycles. The van der Waals surface area contributed by atoms with Gasteiger partial charge in [0, 0.05) is 44.5 Å². The molecule has 1 heterocycles. The highest BCUT2D eigenvalue weighted by molar-refractivity contribution is 6.21. The Hall–Kier alpha value is -5.30. The van der Waals surface area contributed by atoms with Crippen LogP contribution in [0, 0.1) is 17.5 Å². The highest BCUT2D eigenvalue weighted by atomic mass is 19.1. The van der Waals surface area contributed by atoms with Crippen molar-refractivity contribution in [1.29, 1.82) is 0 Å². The average Bonchev–Trinajstić information content (AvgIpc) is 3.41. The summed E-state index contributed by atoms with van der Waals surface area (Å²) in [4.78, 5) is 44.9. The van der Waals surface area contributed by atoms with Crippen LogP contribution in [0.5, 0.6) is 5.75 Å². The summed E-state index contributed by atoms with van der Waals surface area (Å²) in [5.74, 6) is -3.92. The van der Waals surface area contributed by atoms with Crippen LogP contribution in [0.4, 0.5) is 34.1 Å². The number of halogens is 3. The minimum atomic E-state index is -1.12. The van der Waals surface area contributed by atoms with Crippen LogP contribution in [-0.4, -0.2) is 55.6 Å². The van der Waals surface area contributed by atoms with Crippen LogP contribution in [0.15, 0.2) is 66.9 Å². The molecule has 13 heteroatoms. The molecule has 45 heavy (non-hydrogen) atoms. The summed E-state index contributed by atoms with van der Waals surface area (Å²) < 4.78 is 49.2. The Balaban J connectivity index is 0.00000384. The number of nitrogens with zero attached hydrogens (tertiary/aromatic N) is 2. The van der Waals surface area contributed by atoms with E-state index in [0.717, 1.165) is 12.1 Å². The molecule has 0 saturated carbocycles. The van der Waals surface area contributed by atoms with Crippen molar-refractivity contribution in [2.24, 2.45) is 0 Å². The summed E-state index contributed by atoms with van der Waals surface area (Å²) in [6.07, 6.45) is 1.59. The minimum Gasteiger partial charge on any atom is -0.494 e. The lowest BCUT2D eigenvalue weighted by atomic mass is 10.0. The Bertz CT molecular complexity index is 1680. The van der Waals surface area contributed by atoms with Gasteiger partial charge in [0.2, 0.25) is 0 Å². The second-order valence-electron chi connectivity index (χ2n) is 10.1. The summed E-state index contributed by atoms with van der Waals surface area (Å²) in [6, 6.07) is 12.6. The molecule has 0 saturated heterocycles. The number of nitrogens with one attached hydrogen (secondary N) is 4. The molecule has 4 rings (SSSR count). The van der Waals surface area contributed by atoms with Gasteiger partial charge < -0.3 is 30.6 Å². The molecule has 0 atom stereocenters. The fraction of sp³-hybridized carbons (Fsp3) is 0.219. The summed E-state index contributed by atoms with van der Waals surface area (Å²) in [7, 11) is 4.82. The van der Waals surface area contributed by atoms with Gasteiger partial charge in [-0.2, -0.15) is 0 Å². The normalized spacial score (nSPS) is 10.8. The Morgan fingerprint density at radius 2 is 1.58 bits per heavy atom. The van der Waals surface area contributed by atoms with Crippen LogP contribution in [0.3, 0.4) is 0 Å². The van der Waals surface area contributed by atoms with Crippen molar-refractivity contribution in [3.8, 4) is 16.9 Å². The van der Waals surface area contributed by atoms with Crippen LogP contribution in [0.2, 0.25) is 0 Å². The van der Waals surface area contributed by atoms with Crippen molar-refractivity contribution in [3.05, 3.63) is 101 Å². The molecular weight excluding hydrogens is 589 g/mol. The number of methoxy groups -OCH3 is 1. The lowest BCUT2D eigenvalue weighted by Gasteiger charge is -2.23. The van der Waals surface area contributed by atoms with E-state index in [0.29, 0.717) is 33.8 Å². The van der Waals surface area contributed by atoms with E-state index in [1.165, 1.54) is 31.4 Å². The molecule has 0 aliphatic carbocycles. The molecule has 0 aliphatic rings. The molecule has 0 spiro atoms. The van der Waals surface area contributed by atoms with E-state index in [1.807, 2.05) is 4.90 Å². The summed E-state index contributed by atoms with van der Waals surface area (Å²) in [5.41, 5.74) is 1.49. The number of imide groups is 1. The van der Waals surface area contributed by atoms with E-state index < -0.39 is 47.2 Å². The number of carbonyl (C=O) groups is 3. The van der Waals surface area contributed by atoms with Crippen LogP contribution >= 0.6 is 0 Å². The van der Waals surface area contributed by atoms with E-state index in [1.54, 1.807) is 51.5 Å². The largest absolute Gasteiger partial charge is 0.494 e. The third kappa shape index (κ3) is 7.44. The molecule has 0 fully saturated rings. The fourth-order valence-electron chi connectivity index (χ4n) is 4.65. The van der Waals surface area contributed by atoms with Crippen molar-refractivity contribution in [2.45, 2.75) is 20.0 Å². The molecule has 240 valence electrons. The predicted octanol–water partition coefficient (Wildman–Crippen LogP) is 6.36. The third-order valence-electron chi connectivity index (χ3n) is 6.76. The number of H-pyrrole nitrogens is 1. The lowest BCUT2D eigenvalue weighted by molar-refractivity contribution is 0.0987. The van der Waals surface area contributed by atoms with Gasteiger partial charge in [-0.05, 0) is 63.0 Å². The maximum atomic E-state index is 15.5. The minimum absolute atomic E-state index is 0. The zero-order valence-corrected chi connectivity index (χ0v) is 25.1. The molecule has 0 bridgehead atoms. The van der Waals surface area contributed by atoms with E-state index in [2.05, 4.69) is 20.9 Å². The van der Waals surface area contributed by atoms with E-state index >= 15 is 4.39 Å². The van der Waals surface area contributed by atoms with Crippen molar-refractivity contribution < 1.29 is 35.1 Å². The van der Waals surface area contributed by atoms with E-state index in [-0.39, 0.29) is 26.9 Å². The van der Waals surface area contributed by atoms with Gasteiger partial charge in [0.1, 0.15) is 17.3 Å². The zero-order valence-electron chi connectivity index (χ0n) is 25.1. The zero-order chi connectivity index (χ0) is 32.7. The van der Waals surface area contributed by atoms with Crippen LogP contribution < -0.4 is 25.6 Å². The molecule has 0 radical (unpaired) electrons.